The molecule has 0 saturated heterocycles. The summed E-state index contributed by atoms with van der Waals surface area (Å²) in [6.45, 7) is 1.60. The molecule has 0 aliphatic carbocycles. The molecule has 5 nitrogen and oxygen atoms in total. The van der Waals surface area contributed by atoms with Gasteiger partial charge in [0.2, 0.25) is 0 Å². The van der Waals surface area contributed by atoms with Crippen LogP contribution in [0.4, 0.5) is 5.69 Å². The van der Waals surface area contributed by atoms with Gasteiger partial charge in [0.05, 0.1) is 18.7 Å². The van der Waals surface area contributed by atoms with Crippen LogP contribution >= 0.6 is 23.2 Å². The van der Waals surface area contributed by atoms with Gasteiger partial charge in [-0.05, 0) is 37.3 Å². The Balaban J connectivity index is 2.10. The summed E-state index contributed by atoms with van der Waals surface area (Å²) < 4.78 is 10.8. The highest BCUT2D eigenvalue weighted by molar-refractivity contribution is 6.35. The van der Waals surface area contributed by atoms with Crippen molar-refractivity contribution >= 4 is 34.8 Å². The van der Waals surface area contributed by atoms with Crippen LogP contribution in [-0.2, 0) is 4.79 Å². The van der Waals surface area contributed by atoms with E-state index >= 15 is 0 Å². The van der Waals surface area contributed by atoms with Crippen LogP contribution in [-0.4, -0.2) is 19.1 Å². The molecular weight excluding hydrogens is 351 g/mol. The molecular formula is C17H14Cl2N2O3. The van der Waals surface area contributed by atoms with Crippen molar-refractivity contribution in [2.75, 3.05) is 12.4 Å². The van der Waals surface area contributed by atoms with E-state index in [2.05, 4.69) is 5.32 Å². The molecule has 0 saturated carbocycles. The van der Waals surface area contributed by atoms with E-state index in [0.29, 0.717) is 32.8 Å². The molecule has 0 spiro atoms. The Morgan fingerprint density at radius 2 is 1.83 bits per heavy atom. The van der Waals surface area contributed by atoms with Gasteiger partial charge in [-0.1, -0.05) is 23.2 Å². The third kappa shape index (κ3) is 4.54. The minimum absolute atomic E-state index is 0.364. The second-order valence-corrected chi connectivity index (χ2v) is 5.76. The van der Waals surface area contributed by atoms with Crippen LogP contribution in [0.2, 0.25) is 10.0 Å². The van der Waals surface area contributed by atoms with Gasteiger partial charge in [-0.3, -0.25) is 4.79 Å². The first-order valence-corrected chi connectivity index (χ1v) is 7.70. The molecule has 1 unspecified atom stereocenters. The standard InChI is InChI=1S/C17H14Cl2N2O3/c1-10(17(22)21-14-7-12(18)6-13(19)8-14)24-15-4-3-11(9-20)5-16(15)23-2/h3-8,10H,1-2H3,(H,21,22). The molecule has 7 heteroatoms. The fraction of sp³-hybridized carbons (Fsp3) is 0.176. The molecule has 0 aliphatic heterocycles. The molecule has 1 amide bonds. The third-order valence-corrected chi connectivity index (χ3v) is 3.53. The van der Waals surface area contributed by atoms with Crippen molar-refractivity contribution in [3.05, 3.63) is 52.0 Å². The van der Waals surface area contributed by atoms with Gasteiger partial charge in [0.15, 0.2) is 17.6 Å². The van der Waals surface area contributed by atoms with E-state index in [1.165, 1.54) is 13.2 Å². The highest BCUT2D eigenvalue weighted by atomic mass is 35.5. The highest BCUT2D eigenvalue weighted by Gasteiger charge is 2.17. The average Bonchev–Trinajstić information content (AvgIpc) is 2.54. The predicted molar refractivity (Wildman–Crippen MR) is 92.9 cm³/mol. The van der Waals surface area contributed by atoms with Crippen molar-refractivity contribution in [1.82, 2.24) is 0 Å². The number of hydrogen-bond acceptors (Lipinski definition) is 4. The number of methoxy groups -OCH3 is 1. The van der Waals surface area contributed by atoms with E-state index in [9.17, 15) is 4.79 Å². The van der Waals surface area contributed by atoms with Gasteiger partial charge in [0, 0.05) is 21.8 Å². The molecule has 2 aromatic carbocycles. The lowest BCUT2D eigenvalue weighted by Crippen LogP contribution is -2.30. The average molecular weight is 365 g/mol. The van der Waals surface area contributed by atoms with Crippen LogP contribution in [0.25, 0.3) is 0 Å². The summed E-state index contributed by atoms with van der Waals surface area (Å²) in [4.78, 5) is 12.2. The molecule has 0 aromatic heterocycles. The van der Waals surface area contributed by atoms with E-state index in [-0.39, 0.29) is 5.91 Å². The monoisotopic (exact) mass is 364 g/mol. The molecule has 2 aromatic rings. The third-order valence-electron chi connectivity index (χ3n) is 3.10. The van der Waals surface area contributed by atoms with Crippen LogP contribution in [0.1, 0.15) is 12.5 Å². The lowest BCUT2D eigenvalue weighted by Gasteiger charge is -2.17. The fourth-order valence-electron chi connectivity index (χ4n) is 1.95. The van der Waals surface area contributed by atoms with Gasteiger partial charge in [0.1, 0.15) is 0 Å². The maximum atomic E-state index is 12.2. The van der Waals surface area contributed by atoms with E-state index in [1.54, 1.807) is 37.3 Å². The summed E-state index contributed by atoms with van der Waals surface area (Å²) >= 11 is 11.8. The topological polar surface area (TPSA) is 71.3 Å². The molecule has 0 fully saturated rings. The van der Waals surface area contributed by atoms with Crippen molar-refractivity contribution in [1.29, 1.82) is 5.26 Å². The Hall–Kier alpha value is -2.42. The van der Waals surface area contributed by atoms with Gasteiger partial charge in [-0.25, -0.2) is 0 Å². The van der Waals surface area contributed by atoms with Crippen molar-refractivity contribution in [3.8, 4) is 17.6 Å². The number of ether oxygens (including phenoxy) is 2. The number of benzene rings is 2. The maximum Gasteiger partial charge on any atom is 0.265 e. The number of anilines is 1. The number of nitriles is 1. The number of carbonyl (C=O) groups is 1. The van der Waals surface area contributed by atoms with Crippen LogP contribution < -0.4 is 14.8 Å². The van der Waals surface area contributed by atoms with Gasteiger partial charge in [-0.2, -0.15) is 5.26 Å². The first kappa shape index (κ1) is 17.9. The summed E-state index contributed by atoms with van der Waals surface area (Å²) in [5.74, 6) is 0.363. The molecule has 0 heterocycles. The zero-order valence-electron chi connectivity index (χ0n) is 13.0. The fourth-order valence-corrected chi connectivity index (χ4v) is 2.47. The lowest BCUT2D eigenvalue weighted by atomic mass is 10.2. The minimum Gasteiger partial charge on any atom is -0.493 e. The Bertz CT molecular complexity index is 783. The number of carbonyl (C=O) groups excluding carboxylic acids is 1. The Kier molecular flexibility index (Phi) is 5.91. The van der Waals surface area contributed by atoms with Crippen molar-refractivity contribution < 1.29 is 14.3 Å². The molecule has 24 heavy (non-hydrogen) atoms. The van der Waals surface area contributed by atoms with Crippen molar-refractivity contribution in [2.45, 2.75) is 13.0 Å². The number of nitrogens with one attached hydrogen (secondary N) is 1. The molecule has 1 atom stereocenters. The number of amides is 1. The number of nitrogens with zero attached hydrogens (tertiary/aromatic N) is 1. The van der Waals surface area contributed by atoms with E-state index in [1.807, 2.05) is 6.07 Å². The zero-order valence-corrected chi connectivity index (χ0v) is 14.5. The maximum absolute atomic E-state index is 12.2. The minimum atomic E-state index is -0.801. The molecule has 1 N–H and O–H groups in total. The van der Waals surface area contributed by atoms with Gasteiger partial charge in [0.25, 0.3) is 5.91 Å². The smallest absolute Gasteiger partial charge is 0.265 e. The van der Waals surface area contributed by atoms with Crippen LogP contribution in [0.15, 0.2) is 36.4 Å². The van der Waals surface area contributed by atoms with Crippen LogP contribution in [0, 0.1) is 11.3 Å². The van der Waals surface area contributed by atoms with Gasteiger partial charge < -0.3 is 14.8 Å². The Morgan fingerprint density at radius 1 is 1.17 bits per heavy atom. The van der Waals surface area contributed by atoms with E-state index in [0.717, 1.165) is 0 Å². The van der Waals surface area contributed by atoms with Crippen LogP contribution in [0.5, 0.6) is 11.5 Å². The summed E-state index contributed by atoms with van der Waals surface area (Å²) in [5, 5.41) is 12.4. The van der Waals surface area contributed by atoms with Gasteiger partial charge in [-0.15, -0.1) is 0 Å². The predicted octanol–water partition coefficient (Wildman–Crippen LogP) is 4.28. The van der Waals surface area contributed by atoms with E-state index < -0.39 is 6.10 Å². The Labute approximate surface area is 149 Å². The summed E-state index contributed by atoms with van der Waals surface area (Å²) in [5.41, 5.74) is 0.907. The second kappa shape index (κ2) is 7.91. The van der Waals surface area contributed by atoms with Crippen LogP contribution in [0.3, 0.4) is 0 Å². The van der Waals surface area contributed by atoms with E-state index in [4.69, 9.17) is 37.9 Å². The van der Waals surface area contributed by atoms with Crippen molar-refractivity contribution in [3.63, 3.8) is 0 Å². The quantitative estimate of drug-likeness (QED) is 0.859. The zero-order chi connectivity index (χ0) is 17.7. The molecule has 124 valence electrons. The highest BCUT2D eigenvalue weighted by Crippen LogP contribution is 2.29. The first-order chi connectivity index (χ1) is 11.4. The number of rotatable bonds is 5. The molecule has 0 radical (unpaired) electrons. The summed E-state index contributed by atoms with van der Waals surface area (Å²) in [6.07, 6.45) is -0.801. The number of hydrogen-bond donors (Lipinski definition) is 1. The molecule has 0 bridgehead atoms. The normalized spacial score (nSPS) is 11.3. The molecule has 0 aliphatic rings. The lowest BCUT2D eigenvalue weighted by molar-refractivity contribution is -0.122. The first-order valence-electron chi connectivity index (χ1n) is 6.94. The summed E-state index contributed by atoms with van der Waals surface area (Å²) in [6, 6.07) is 11.4. The second-order valence-electron chi connectivity index (χ2n) is 4.88. The van der Waals surface area contributed by atoms with Gasteiger partial charge >= 0.3 is 0 Å². The summed E-state index contributed by atoms with van der Waals surface area (Å²) in [7, 11) is 1.46. The molecule has 2 rings (SSSR count). The largest absolute Gasteiger partial charge is 0.493 e. The Morgan fingerprint density at radius 3 is 2.42 bits per heavy atom. The van der Waals surface area contributed by atoms with Crippen molar-refractivity contribution in [2.24, 2.45) is 0 Å². The SMILES string of the molecule is COc1cc(C#N)ccc1OC(C)C(=O)Nc1cc(Cl)cc(Cl)c1. The number of halogens is 2.